The summed E-state index contributed by atoms with van der Waals surface area (Å²) in [6.45, 7) is 0.617. The van der Waals surface area contributed by atoms with Crippen molar-refractivity contribution in [1.29, 1.82) is 0 Å². The van der Waals surface area contributed by atoms with E-state index in [1.54, 1.807) is 29.5 Å². The van der Waals surface area contributed by atoms with Crippen molar-refractivity contribution in [2.45, 2.75) is 12.3 Å². The summed E-state index contributed by atoms with van der Waals surface area (Å²) in [6.07, 6.45) is 0. The van der Waals surface area contributed by atoms with Gasteiger partial charge >= 0.3 is 0 Å². The Morgan fingerprint density at radius 3 is 2.89 bits per heavy atom. The van der Waals surface area contributed by atoms with Crippen LogP contribution in [0, 0.1) is 5.21 Å². The van der Waals surface area contributed by atoms with E-state index in [1.807, 2.05) is 29.1 Å². The summed E-state index contributed by atoms with van der Waals surface area (Å²) in [5.41, 5.74) is 3.21. The molecule has 0 saturated heterocycles. The van der Waals surface area contributed by atoms with E-state index in [0.29, 0.717) is 18.0 Å². The molecule has 96 valence electrons. The molecular formula is C12H14N2O2S2. The summed E-state index contributed by atoms with van der Waals surface area (Å²) in [7, 11) is -1.50. The SMILES string of the molecule is O=[SH+](Cc1cccc(N[O-])c1)NCc1cccs1. The quantitative estimate of drug-likeness (QED) is 0.486. The third kappa shape index (κ3) is 3.92. The third-order valence-corrected chi connectivity index (χ3v) is 4.42. The van der Waals surface area contributed by atoms with Crippen LogP contribution in [-0.4, -0.2) is 0 Å². The molecule has 2 aromatic rings. The first-order valence-electron chi connectivity index (χ1n) is 5.45. The minimum Gasteiger partial charge on any atom is -0.761 e. The van der Waals surface area contributed by atoms with Crippen molar-refractivity contribution in [2.24, 2.45) is 0 Å². The number of rotatable bonds is 6. The van der Waals surface area contributed by atoms with Gasteiger partial charge in [-0.3, -0.25) is 0 Å². The molecule has 0 spiro atoms. The molecule has 0 aliphatic heterocycles. The Balaban J connectivity index is 1.86. The Bertz CT molecular complexity index is 515. The van der Waals surface area contributed by atoms with Gasteiger partial charge in [0.2, 0.25) is 0 Å². The maximum absolute atomic E-state index is 11.9. The third-order valence-electron chi connectivity index (χ3n) is 2.38. The Hall–Kier alpha value is -1.21. The molecule has 18 heavy (non-hydrogen) atoms. The molecule has 6 heteroatoms. The van der Waals surface area contributed by atoms with Gasteiger partial charge in [-0.25, -0.2) is 0 Å². The molecule has 2 rings (SSSR count). The van der Waals surface area contributed by atoms with E-state index >= 15 is 0 Å². The van der Waals surface area contributed by atoms with Crippen molar-refractivity contribution < 1.29 is 4.21 Å². The minimum atomic E-state index is -1.50. The van der Waals surface area contributed by atoms with Gasteiger partial charge in [0.1, 0.15) is 11.0 Å². The maximum atomic E-state index is 11.9. The smallest absolute Gasteiger partial charge is 0.152 e. The zero-order chi connectivity index (χ0) is 12.8. The summed E-state index contributed by atoms with van der Waals surface area (Å²) in [5.74, 6) is 0.427. The highest BCUT2D eigenvalue weighted by molar-refractivity contribution is 7.82. The number of hydrogen-bond acceptors (Lipinski definition) is 4. The zero-order valence-electron chi connectivity index (χ0n) is 9.63. The Morgan fingerprint density at radius 1 is 1.28 bits per heavy atom. The number of thiophene rings is 1. The van der Waals surface area contributed by atoms with Crippen LogP contribution in [0.1, 0.15) is 10.4 Å². The molecule has 0 aliphatic rings. The summed E-state index contributed by atoms with van der Waals surface area (Å²) in [4.78, 5) is 1.16. The highest BCUT2D eigenvalue weighted by Gasteiger charge is 2.07. The standard InChI is InChI=1S/C12H13N2O2S2/c15-14-11-4-1-3-10(7-11)9-18(16)13-8-12-5-2-6-17-12/h1-7,14H,8-9H2,(H,13,16)/q-1/p+1. The second kappa shape index (κ2) is 6.65. The van der Waals surface area contributed by atoms with Gasteiger partial charge in [-0.15, -0.1) is 16.1 Å². The summed E-state index contributed by atoms with van der Waals surface area (Å²) in [6, 6.07) is 11.0. The molecule has 0 radical (unpaired) electrons. The van der Waals surface area contributed by atoms with E-state index in [-0.39, 0.29) is 0 Å². The van der Waals surface area contributed by atoms with Crippen LogP contribution in [0.25, 0.3) is 0 Å². The lowest BCUT2D eigenvalue weighted by Gasteiger charge is -2.09. The van der Waals surface area contributed by atoms with E-state index in [1.165, 1.54) is 0 Å². The number of hydrogen-bond donors (Lipinski definition) is 2. The van der Waals surface area contributed by atoms with Crippen LogP contribution in [0.15, 0.2) is 41.8 Å². The molecule has 0 bridgehead atoms. The van der Waals surface area contributed by atoms with Crippen molar-refractivity contribution in [3.63, 3.8) is 0 Å². The molecule has 1 unspecified atom stereocenters. The van der Waals surface area contributed by atoms with Crippen LogP contribution < -0.4 is 10.2 Å². The van der Waals surface area contributed by atoms with E-state index in [4.69, 9.17) is 0 Å². The highest BCUT2D eigenvalue weighted by Crippen LogP contribution is 2.12. The summed E-state index contributed by atoms with van der Waals surface area (Å²) < 4.78 is 14.8. The second-order valence-corrected chi connectivity index (χ2v) is 6.18. The van der Waals surface area contributed by atoms with Gasteiger partial charge in [0.05, 0.1) is 6.54 Å². The molecule has 1 atom stereocenters. The molecule has 0 fully saturated rings. The fourth-order valence-corrected chi connectivity index (χ4v) is 3.27. The van der Waals surface area contributed by atoms with Crippen molar-refractivity contribution in [2.75, 3.05) is 5.48 Å². The fourth-order valence-electron chi connectivity index (χ4n) is 1.53. The number of nitrogens with one attached hydrogen (secondary N) is 2. The number of benzene rings is 1. The predicted molar refractivity (Wildman–Crippen MR) is 77.7 cm³/mol. The van der Waals surface area contributed by atoms with E-state index in [2.05, 4.69) is 4.72 Å². The Morgan fingerprint density at radius 2 is 2.17 bits per heavy atom. The lowest BCUT2D eigenvalue weighted by Crippen LogP contribution is -2.16. The van der Waals surface area contributed by atoms with Gasteiger partial charge < -0.3 is 10.7 Å². The van der Waals surface area contributed by atoms with Gasteiger partial charge in [0, 0.05) is 16.1 Å². The highest BCUT2D eigenvalue weighted by atomic mass is 32.2. The van der Waals surface area contributed by atoms with Crippen LogP contribution >= 0.6 is 11.3 Å². The first-order valence-corrected chi connectivity index (χ1v) is 7.78. The molecule has 0 amide bonds. The normalized spacial score (nSPS) is 12.3. The zero-order valence-corrected chi connectivity index (χ0v) is 11.3. The Kier molecular flexibility index (Phi) is 4.89. The summed E-state index contributed by atoms with van der Waals surface area (Å²) >= 11 is 1.63. The topological polar surface area (TPSA) is 64.2 Å². The first-order chi connectivity index (χ1) is 8.78. The van der Waals surface area contributed by atoms with Crippen LogP contribution in [0.5, 0.6) is 0 Å². The fraction of sp³-hybridized carbons (Fsp3) is 0.167. The minimum absolute atomic E-state index is 0.427. The van der Waals surface area contributed by atoms with Gasteiger partial charge in [-0.1, -0.05) is 22.4 Å². The first kappa shape index (κ1) is 13.2. The van der Waals surface area contributed by atoms with Gasteiger partial charge in [0.25, 0.3) is 0 Å². The molecule has 1 heterocycles. The van der Waals surface area contributed by atoms with Crippen molar-refractivity contribution in [3.05, 3.63) is 57.4 Å². The molecule has 1 aromatic heterocycles. The maximum Gasteiger partial charge on any atom is 0.152 e. The monoisotopic (exact) mass is 282 g/mol. The Labute approximate surface area is 112 Å². The molecule has 0 saturated carbocycles. The van der Waals surface area contributed by atoms with Crippen molar-refractivity contribution in [1.82, 2.24) is 4.72 Å². The van der Waals surface area contributed by atoms with E-state index < -0.39 is 11.0 Å². The van der Waals surface area contributed by atoms with Crippen LogP contribution in [0.4, 0.5) is 5.69 Å². The second-order valence-electron chi connectivity index (χ2n) is 3.75. The molecule has 1 aromatic carbocycles. The lowest BCUT2D eigenvalue weighted by molar-refractivity contribution is 0.587. The molecule has 4 nitrogen and oxygen atoms in total. The summed E-state index contributed by atoms with van der Waals surface area (Å²) in [5, 5.41) is 12.5. The molecule has 0 aliphatic carbocycles. The largest absolute Gasteiger partial charge is 0.761 e. The van der Waals surface area contributed by atoms with Crippen molar-refractivity contribution in [3.8, 4) is 0 Å². The van der Waals surface area contributed by atoms with E-state index in [9.17, 15) is 9.42 Å². The number of anilines is 1. The molecular weight excluding hydrogens is 268 g/mol. The van der Waals surface area contributed by atoms with Crippen LogP contribution in [-0.2, 0) is 27.5 Å². The number of thiol groups is 1. The molecule has 2 N–H and O–H groups in total. The van der Waals surface area contributed by atoms with Crippen LogP contribution in [0.2, 0.25) is 0 Å². The van der Waals surface area contributed by atoms with E-state index in [0.717, 1.165) is 10.4 Å². The average molecular weight is 282 g/mol. The van der Waals surface area contributed by atoms with Gasteiger partial charge in [0.15, 0.2) is 5.75 Å². The lowest BCUT2D eigenvalue weighted by atomic mass is 10.2. The van der Waals surface area contributed by atoms with Crippen LogP contribution in [0.3, 0.4) is 0 Å². The predicted octanol–water partition coefficient (Wildman–Crippen LogP) is 2.56. The van der Waals surface area contributed by atoms with Gasteiger partial charge in [-0.05, 0) is 23.6 Å². The van der Waals surface area contributed by atoms with Gasteiger partial charge in [-0.2, -0.15) is 0 Å². The van der Waals surface area contributed by atoms with Crippen molar-refractivity contribution >= 4 is 28.0 Å². The average Bonchev–Trinajstić information content (AvgIpc) is 2.90.